The van der Waals surface area contributed by atoms with Gasteiger partial charge in [0, 0.05) is 69.9 Å². The molecule has 0 spiro atoms. The molecular formula is C23H26N6O. The molecule has 0 radical (unpaired) electrons. The number of hydrogen-bond donors (Lipinski definition) is 1. The van der Waals surface area contributed by atoms with Gasteiger partial charge in [-0.3, -0.25) is 4.79 Å². The molecule has 3 aromatic rings. The molecular weight excluding hydrogens is 376 g/mol. The van der Waals surface area contributed by atoms with Crippen LogP contribution in [0.2, 0.25) is 0 Å². The lowest BCUT2D eigenvalue weighted by molar-refractivity contribution is 0.0180. The Morgan fingerprint density at radius 2 is 1.83 bits per heavy atom. The molecule has 4 aliphatic heterocycles. The van der Waals surface area contributed by atoms with E-state index in [2.05, 4.69) is 55.4 Å². The lowest BCUT2D eigenvalue weighted by Crippen LogP contribution is -2.70. The van der Waals surface area contributed by atoms with Crippen LogP contribution in [-0.4, -0.2) is 75.6 Å². The third-order valence-corrected chi connectivity index (χ3v) is 7.24. The van der Waals surface area contributed by atoms with E-state index in [1.54, 1.807) is 12.5 Å². The Labute approximate surface area is 175 Å². The predicted molar refractivity (Wildman–Crippen MR) is 114 cm³/mol. The van der Waals surface area contributed by atoms with Crippen LogP contribution in [0.1, 0.15) is 15.9 Å². The fourth-order valence-electron chi connectivity index (χ4n) is 5.93. The highest BCUT2D eigenvalue weighted by Gasteiger charge is 2.55. The SMILES string of the molecule is Cn1cnc2cc(C(=O)NC3C4CN5CCN(C4)CC3(c3ccccc3)C5)cnc21. The van der Waals surface area contributed by atoms with Crippen molar-refractivity contribution in [2.75, 3.05) is 39.3 Å². The topological polar surface area (TPSA) is 66.3 Å². The zero-order valence-electron chi connectivity index (χ0n) is 17.2. The molecule has 0 aliphatic carbocycles. The second-order valence-corrected chi connectivity index (χ2v) is 9.13. The molecule has 3 atom stereocenters. The Morgan fingerprint density at radius 3 is 2.57 bits per heavy atom. The van der Waals surface area contributed by atoms with Gasteiger partial charge in [0.2, 0.25) is 0 Å². The minimum absolute atomic E-state index is 0.0495. The van der Waals surface area contributed by atoms with Crippen LogP contribution in [0, 0.1) is 5.92 Å². The van der Waals surface area contributed by atoms with Gasteiger partial charge in [-0.25, -0.2) is 9.97 Å². The number of nitrogens with one attached hydrogen (secondary N) is 1. The third-order valence-electron chi connectivity index (χ3n) is 7.24. The Hall–Kier alpha value is -2.77. The first-order valence-electron chi connectivity index (χ1n) is 10.7. The fourth-order valence-corrected chi connectivity index (χ4v) is 5.93. The highest BCUT2D eigenvalue weighted by atomic mass is 16.1. The van der Waals surface area contributed by atoms with Gasteiger partial charge in [-0.05, 0) is 11.6 Å². The van der Waals surface area contributed by atoms with Crippen molar-refractivity contribution in [1.29, 1.82) is 0 Å². The number of carbonyl (C=O) groups is 1. The molecule has 4 fully saturated rings. The first-order chi connectivity index (χ1) is 14.6. The Balaban J connectivity index is 1.37. The number of fused-ring (bicyclic) bond motifs is 2. The summed E-state index contributed by atoms with van der Waals surface area (Å²) in [7, 11) is 1.91. The van der Waals surface area contributed by atoms with Gasteiger partial charge in [0.05, 0.1) is 11.9 Å². The van der Waals surface area contributed by atoms with Crippen LogP contribution < -0.4 is 5.32 Å². The number of imidazole rings is 1. The number of nitrogens with zero attached hydrogens (tertiary/aromatic N) is 5. The summed E-state index contributed by atoms with van der Waals surface area (Å²) in [5.41, 5.74) is 3.37. The summed E-state index contributed by atoms with van der Waals surface area (Å²) in [6, 6.07) is 12.7. The van der Waals surface area contributed by atoms with E-state index in [9.17, 15) is 4.79 Å². The van der Waals surface area contributed by atoms with Gasteiger partial charge in [-0.15, -0.1) is 0 Å². The van der Waals surface area contributed by atoms with E-state index in [0.29, 0.717) is 11.5 Å². The van der Waals surface area contributed by atoms with Gasteiger partial charge < -0.3 is 19.7 Å². The summed E-state index contributed by atoms with van der Waals surface area (Å²) in [4.78, 5) is 27.3. The molecule has 3 unspecified atom stereocenters. The number of carbonyl (C=O) groups excluding carboxylic acids is 1. The van der Waals surface area contributed by atoms with Gasteiger partial charge in [-0.1, -0.05) is 30.3 Å². The van der Waals surface area contributed by atoms with Crippen molar-refractivity contribution < 1.29 is 4.79 Å². The van der Waals surface area contributed by atoms with E-state index >= 15 is 0 Å². The minimum atomic E-state index is -0.0862. The van der Waals surface area contributed by atoms with E-state index in [4.69, 9.17) is 0 Å². The standard InChI is InChI=1S/C23H26N6O/c1-27-15-25-19-9-16(10-24-21(19)27)22(30)26-20-17-11-28-7-8-29(12-17)14-23(20,13-28)18-5-3-2-4-6-18/h2-6,9-10,15,17,20H,7-8,11-14H2,1H3,(H,26,30). The third kappa shape index (κ3) is 2.69. The number of benzene rings is 1. The minimum Gasteiger partial charge on any atom is -0.348 e. The lowest BCUT2D eigenvalue weighted by atomic mass is 9.64. The van der Waals surface area contributed by atoms with Crippen LogP contribution in [0.25, 0.3) is 11.2 Å². The van der Waals surface area contributed by atoms with Crippen LogP contribution in [-0.2, 0) is 12.5 Å². The highest BCUT2D eigenvalue weighted by Crippen LogP contribution is 2.43. The molecule has 2 aromatic heterocycles. The number of amides is 1. The second-order valence-electron chi connectivity index (χ2n) is 9.13. The molecule has 1 N–H and O–H groups in total. The zero-order chi connectivity index (χ0) is 20.3. The molecule has 7 heteroatoms. The number of hydrogen-bond acceptors (Lipinski definition) is 5. The largest absolute Gasteiger partial charge is 0.348 e. The molecule has 7 nitrogen and oxygen atoms in total. The van der Waals surface area contributed by atoms with Gasteiger partial charge in [-0.2, -0.15) is 0 Å². The van der Waals surface area contributed by atoms with E-state index in [1.165, 1.54) is 5.56 Å². The van der Waals surface area contributed by atoms with Crippen molar-refractivity contribution in [1.82, 2.24) is 29.7 Å². The van der Waals surface area contributed by atoms with Crippen molar-refractivity contribution >= 4 is 17.1 Å². The summed E-state index contributed by atoms with van der Waals surface area (Å²) in [6.07, 6.45) is 3.40. The molecule has 30 heavy (non-hydrogen) atoms. The average molecular weight is 403 g/mol. The molecule has 6 heterocycles. The quantitative estimate of drug-likeness (QED) is 0.715. The molecule has 4 bridgehead atoms. The van der Waals surface area contributed by atoms with Crippen LogP contribution in [0.15, 0.2) is 48.9 Å². The first-order valence-corrected chi connectivity index (χ1v) is 10.7. The molecule has 4 saturated heterocycles. The van der Waals surface area contributed by atoms with Gasteiger partial charge in [0.15, 0.2) is 5.65 Å². The maximum Gasteiger partial charge on any atom is 0.253 e. The molecule has 1 aromatic carbocycles. The number of aryl methyl sites for hydroxylation is 1. The van der Waals surface area contributed by atoms with Crippen LogP contribution >= 0.6 is 0 Å². The van der Waals surface area contributed by atoms with Crippen molar-refractivity contribution in [3.05, 3.63) is 60.0 Å². The molecule has 7 rings (SSSR count). The van der Waals surface area contributed by atoms with Crippen molar-refractivity contribution in [3.8, 4) is 0 Å². The maximum atomic E-state index is 13.3. The molecule has 4 aliphatic rings. The van der Waals surface area contributed by atoms with E-state index in [1.807, 2.05) is 17.7 Å². The van der Waals surface area contributed by atoms with Gasteiger partial charge >= 0.3 is 0 Å². The summed E-state index contributed by atoms with van der Waals surface area (Å²) in [6.45, 7) is 6.32. The molecule has 1 amide bonds. The van der Waals surface area contributed by atoms with Gasteiger partial charge in [0.1, 0.15) is 5.52 Å². The zero-order valence-corrected chi connectivity index (χ0v) is 17.2. The number of aromatic nitrogens is 3. The fraction of sp³-hybridized carbons (Fsp3) is 0.435. The summed E-state index contributed by atoms with van der Waals surface area (Å²) in [5, 5.41) is 3.45. The second kappa shape index (κ2) is 6.62. The van der Waals surface area contributed by atoms with Crippen molar-refractivity contribution in [2.24, 2.45) is 13.0 Å². The summed E-state index contributed by atoms with van der Waals surface area (Å²) < 4.78 is 1.87. The number of pyridine rings is 1. The lowest BCUT2D eigenvalue weighted by Gasteiger charge is -2.55. The van der Waals surface area contributed by atoms with E-state index in [0.717, 1.165) is 50.4 Å². The van der Waals surface area contributed by atoms with Crippen molar-refractivity contribution in [3.63, 3.8) is 0 Å². The van der Waals surface area contributed by atoms with E-state index < -0.39 is 0 Å². The highest BCUT2D eigenvalue weighted by molar-refractivity contribution is 5.96. The first kappa shape index (κ1) is 18.0. The van der Waals surface area contributed by atoms with Crippen LogP contribution in [0.3, 0.4) is 0 Å². The number of piperidine rings is 2. The Morgan fingerprint density at radius 1 is 1.10 bits per heavy atom. The summed E-state index contributed by atoms with van der Waals surface area (Å²) >= 11 is 0. The monoisotopic (exact) mass is 402 g/mol. The van der Waals surface area contributed by atoms with Gasteiger partial charge in [0.25, 0.3) is 5.91 Å². The molecule has 0 saturated carbocycles. The average Bonchev–Trinajstić information content (AvgIpc) is 2.95. The predicted octanol–water partition coefficient (Wildman–Crippen LogP) is 1.27. The van der Waals surface area contributed by atoms with E-state index in [-0.39, 0.29) is 17.4 Å². The number of rotatable bonds is 3. The normalized spacial score (nSPS) is 32.3. The van der Waals surface area contributed by atoms with Crippen LogP contribution in [0.4, 0.5) is 0 Å². The Kier molecular flexibility index (Phi) is 3.98. The summed E-state index contributed by atoms with van der Waals surface area (Å²) in [5.74, 6) is 0.372. The maximum absolute atomic E-state index is 13.3. The van der Waals surface area contributed by atoms with Crippen LogP contribution in [0.5, 0.6) is 0 Å². The van der Waals surface area contributed by atoms with Crippen molar-refractivity contribution in [2.45, 2.75) is 11.5 Å². The molecule has 154 valence electrons. The Bertz CT molecular complexity index is 1090. The smallest absolute Gasteiger partial charge is 0.253 e.